The summed E-state index contributed by atoms with van der Waals surface area (Å²) in [7, 11) is 0. The van der Waals surface area contributed by atoms with Gasteiger partial charge in [0, 0.05) is 0 Å². The van der Waals surface area contributed by atoms with Gasteiger partial charge in [0.15, 0.2) is 12.1 Å². The molecule has 16 heavy (non-hydrogen) atoms. The summed E-state index contributed by atoms with van der Waals surface area (Å²) in [6, 6.07) is 13.5. The molecule has 1 aromatic rings. The molecule has 2 aliphatic carbocycles. The highest BCUT2D eigenvalue weighted by Crippen LogP contribution is 2.59. The minimum absolute atomic E-state index is 0.929. The van der Waals surface area contributed by atoms with Gasteiger partial charge in [-0.05, 0) is 42.6 Å². The summed E-state index contributed by atoms with van der Waals surface area (Å²) in [5.74, 6) is 3.10. The third-order valence-corrected chi connectivity index (χ3v) is 3.35. The number of hydrogen-bond acceptors (Lipinski definition) is 2. The molecule has 0 bridgehead atoms. The molecule has 2 fully saturated rings. The SMILES string of the molecule is N#CC#N.c1ccc(C2CC2C2CC2)cc1. The third kappa shape index (κ3) is 2.61. The lowest BCUT2D eigenvalue weighted by Crippen LogP contribution is -1.83. The van der Waals surface area contributed by atoms with Crippen LogP contribution >= 0.6 is 0 Å². The Balaban J connectivity index is 0.000000212. The Bertz CT molecular complexity index is 408. The van der Waals surface area contributed by atoms with Crippen LogP contribution in [0.15, 0.2) is 30.3 Å². The van der Waals surface area contributed by atoms with E-state index in [0.717, 1.165) is 17.8 Å². The molecule has 3 rings (SSSR count). The van der Waals surface area contributed by atoms with E-state index in [2.05, 4.69) is 30.3 Å². The van der Waals surface area contributed by atoms with Gasteiger partial charge in [0.25, 0.3) is 0 Å². The van der Waals surface area contributed by atoms with E-state index in [9.17, 15) is 0 Å². The fraction of sp³-hybridized carbons (Fsp3) is 0.429. The fourth-order valence-corrected chi connectivity index (χ4v) is 2.34. The van der Waals surface area contributed by atoms with Crippen LogP contribution in [0.3, 0.4) is 0 Å². The number of rotatable bonds is 2. The van der Waals surface area contributed by atoms with Gasteiger partial charge in [-0.25, -0.2) is 0 Å². The topological polar surface area (TPSA) is 47.6 Å². The Morgan fingerprint density at radius 2 is 1.62 bits per heavy atom. The van der Waals surface area contributed by atoms with Crippen molar-refractivity contribution in [2.24, 2.45) is 11.8 Å². The monoisotopic (exact) mass is 210 g/mol. The Morgan fingerprint density at radius 3 is 2.12 bits per heavy atom. The predicted octanol–water partition coefficient (Wildman–Crippen LogP) is 3.23. The van der Waals surface area contributed by atoms with Gasteiger partial charge in [-0.3, -0.25) is 0 Å². The lowest BCUT2D eigenvalue weighted by molar-refractivity contribution is 0.690. The van der Waals surface area contributed by atoms with E-state index in [1.807, 2.05) is 0 Å². The summed E-state index contributed by atoms with van der Waals surface area (Å²) in [6.07, 6.45) is 4.48. The molecule has 0 N–H and O–H groups in total. The maximum absolute atomic E-state index is 7.26. The van der Waals surface area contributed by atoms with Crippen LogP contribution in [0.25, 0.3) is 0 Å². The highest BCUT2D eigenvalue weighted by atomic mass is 14.5. The molecule has 0 aromatic heterocycles. The second-order valence-electron chi connectivity index (χ2n) is 4.48. The molecule has 0 heterocycles. The van der Waals surface area contributed by atoms with Gasteiger partial charge in [0.05, 0.1) is 0 Å². The van der Waals surface area contributed by atoms with Gasteiger partial charge in [-0.15, -0.1) is 0 Å². The molecule has 2 aliphatic rings. The zero-order valence-corrected chi connectivity index (χ0v) is 9.13. The van der Waals surface area contributed by atoms with Crippen LogP contribution in [-0.2, 0) is 0 Å². The van der Waals surface area contributed by atoms with Crippen LogP contribution < -0.4 is 0 Å². The second kappa shape index (κ2) is 4.81. The Hall–Kier alpha value is -1.80. The molecule has 0 radical (unpaired) electrons. The summed E-state index contributed by atoms with van der Waals surface area (Å²) in [5.41, 5.74) is 1.58. The molecule has 2 unspecified atom stereocenters. The first-order chi connectivity index (χ1) is 7.86. The Kier molecular flexibility index (Phi) is 3.22. The van der Waals surface area contributed by atoms with Gasteiger partial charge in [-0.1, -0.05) is 30.3 Å². The van der Waals surface area contributed by atoms with E-state index in [1.165, 1.54) is 31.4 Å². The molecule has 0 saturated heterocycles. The predicted molar refractivity (Wildman–Crippen MR) is 61.2 cm³/mol. The van der Waals surface area contributed by atoms with Gasteiger partial charge >= 0.3 is 0 Å². The van der Waals surface area contributed by atoms with Crippen LogP contribution in [0.2, 0.25) is 0 Å². The highest BCUT2D eigenvalue weighted by Gasteiger charge is 2.47. The van der Waals surface area contributed by atoms with Crippen molar-refractivity contribution >= 4 is 0 Å². The molecular formula is C14H14N2. The molecule has 2 saturated carbocycles. The lowest BCUT2D eigenvalue weighted by atomic mass is 10.1. The van der Waals surface area contributed by atoms with Crippen LogP contribution in [0.1, 0.15) is 30.7 Å². The van der Waals surface area contributed by atoms with Gasteiger partial charge in [0.1, 0.15) is 0 Å². The average molecular weight is 210 g/mol. The third-order valence-electron chi connectivity index (χ3n) is 3.35. The minimum Gasteiger partial charge on any atom is -0.181 e. The normalized spacial score (nSPS) is 25.6. The number of benzene rings is 1. The van der Waals surface area contributed by atoms with Crippen molar-refractivity contribution < 1.29 is 0 Å². The fourth-order valence-electron chi connectivity index (χ4n) is 2.34. The molecule has 0 spiro atoms. The summed E-state index contributed by atoms with van der Waals surface area (Å²) < 4.78 is 0. The van der Waals surface area contributed by atoms with Gasteiger partial charge < -0.3 is 0 Å². The van der Waals surface area contributed by atoms with E-state index in [4.69, 9.17) is 10.5 Å². The van der Waals surface area contributed by atoms with E-state index < -0.39 is 0 Å². The molecule has 2 atom stereocenters. The zero-order valence-electron chi connectivity index (χ0n) is 9.13. The van der Waals surface area contributed by atoms with Crippen molar-refractivity contribution in [2.75, 3.05) is 0 Å². The summed E-state index contributed by atoms with van der Waals surface area (Å²) in [6.45, 7) is 0. The van der Waals surface area contributed by atoms with Crippen LogP contribution in [0.5, 0.6) is 0 Å². The standard InChI is InChI=1S/C12H14.C2N2/c1-2-4-9(5-3-1)11-8-12(11)10-6-7-10;3-1-2-4/h1-5,10-12H,6-8H2;. The highest BCUT2D eigenvalue weighted by molar-refractivity contribution is 5.26. The van der Waals surface area contributed by atoms with E-state index >= 15 is 0 Å². The Labute approximate surface area is 96.1 Å². The molecular weight excluding hydrogens is 196 g/mol. The number of nitrogens with zero attached hydrogens (tertiary/aromatic N) is 2. The van der Waals surface area contributed by atoms with Crippen LogP contribution in [0.4, 0.5) is 0 Å². The smallest absolute Gasteiger partial charge is 0.181 e. The first-order valence-corrected chi connectivity index (χ1v) is 5.70. The zero-order chi connectivity index (χ0) is 11.4. The summed E-state index contributed by atoms with van der Waals surface area (Å²) >= 11 is 0. The summed E-state index contributed by atoms with van der Waals surface area (Å²) in [4.78, 5) is 0. The molecule has 0 amide bonds. The second-order valence-corrected chi connectivity index (χ2v) is 4.48. The maximum Gasteiger partial charge on any atom is 0.181 e. The van der Waals surface area contributed by atoms with Crippen molar-refractivity contribution in [3.05, 3.63) is 35.9 Å². The first-order valence-electron chi connectivity index (χ1n) is 5.70. The molecule has 1 aromatic carbocycles. The quantitative estimate of drug-likeness (QED) is 0.752. The molecule has 0 aliphatic heterocycles. The Morgan fingerprint density at radius 1 is 1.00 bits per heavy atom. The van der Waals surface area contributed by atoms with Crippen molar-refractivity contribution in [3.8, 4) is 12.1 Å². The van der Waals surface area contributed by atoms with Crippen LogP contribution in [0, 0.1) is 34.5 Å². The van der Waals surface area contributed by atoms with Gasteiger partial charge in [0.2, 0.25) is 0 Å². The summed E-state index contributed by atoms with van der Waals surface area (Å²) in [5, 5.41) is 14.5. The number of hydrogen-bond donors (Lipinski definition) is 0. The lowest BCUT2D eigenvalue weighted by Gasteiger charge is -1.97. The first kappa shape index (κ1) is 10.7. The average Bonchev–Trinajstić information content (AvgIpc) is 3.20. The van der Waals surface area contributed by atoms with E-state index in [-0.39, 0.29) is 0 Å². The van der Waals surface area contributed by atoms with Crippen molar-refractivity contribution in [1.82, 2.24) is 0 Å². The van der Waals surface area contributed by atoms with Crippen molar-refractivity contribution in [2.45, 2.75) is 25.2 Å². The molecule has 2 nitrogen and oxygen atoms in total. The van der Waals surface area contributed by atoms with E-state index in [1.54, 1.807) is 5.56 Å². The maximum atomic E-state index is 7.26. The molecule has 2 heteroatoms. The van der Waals surface area contributed by atoms with Crippen molar-refractivity contribution in [3.63, 3.8) is 0 Å². The largest absolute Gasteiger partial charge is 0.181 e. The molecule has 80 valence electrons. The number of nitriles is 2. The minimum atomic E-state index is 0.929. The van der Waals surface area contributed by atoms with Gasteiger partial charge in [-0.2, -0.15) is 10.5 Å². The van der Waals surface area contributed by atoms with E-state index in [0.29, 0.717) is 0 Å². The van der Waals surface area contributed by atoms with Crippen LogP contribution in [-0.4, -0.2) is 0 Å². The van der Waals surface area contributed by atoms with Crippen molar-refractivity contribution in [1.29, 1.82) is 10.5 Å².